The molecular formula is C24H52NOP. The highest BCUT2D eigenvalue weighted by molar-refractivity contribution is 7.63. The third-order valence-electron chi connectivity index (χ3n) is 5.92. The lowest BCUT2D eigenvalue weighted by molar-refractivity contribution is 0.526. The predicted molar refractivity (Wildman–Crippen MR) is 125 cm³/mol. The van der Waals surface area contributed by atoms with Crippen LogP contribution in [-0.2, 0) is 4.57 Å². The van der Waals surface area contributed by atoms with Crippen molar-refractivity contribution in [3.8, 4) is 0 Å². The molecule has 2 nitrogen and oxygen atoms in total. The first kappa shape index (κ1) is 27.2. The van der Waals surface area contributed by atoms with Crippen molar-refractivity contribution in [1.29, 1.82) is 0 Å². The summed E-state index contributed by atoms with van der Waals surface area (Å²) in [5.74, 6) is 0. The second-order valence-electron chi connectivity index (χ2n) is 9.11. The summed E-state index contributed by atoms with van der Waals surface area (Å²) in [6, 6.07) is 0. The van der Waals surface area contributed by atoms with Gasteiger partial charge in [-0.1, -0.05) is 131 Å². The smallest absolute Gasteiger partial charge is 0.152 e. The summed E-state index contributed by atoms with van der Waals surface area (Å²) >= 11 is 0. The summed E-state index contributed by atoms with van der Waals surface area (Å²) in [6.07, 6.45) is 22.4. The maximum atomic E-state index is 12.9. The van der Waals surface area contributed by atoms with E-state index in [-0.39, 0.29) is 11.3 Å². The minimum Gasteiger partial charge on any atom is -0.306 e. The number of rotatable bonds is 20. The first-order valence-electron chi connectivity index (χ1n) is 12.3. The van der Waals surface area contributed by atoms with Gasteiger partial charge in [-0.15, -0.1) is 0 Å². The van der Waals surface area contributed by atoms with Crippen molar-refractivity contribution in [1.82, 2.24) is 5.09 Å². The maximum Gasteiger partial charge on any atom is 0.152 e. The summed E-state index contributed by atoms with van der Waals surface area (Å²) in [4.78, 5) is 0. The Morgan fingerprint density at radius 3 is 1.15 bits per heavy atom. The lowest BCUT2D eigenvalue weighted by atomic mass is 10.0. The van der Waals surface area contributed by atoms with Crippen LogP contribution in [0.3, 0.4) is 0 Å². The number of unbranched alkanes of at least 4 members (excludes halogenated alkanes) is 15. The molecule has 27 heavy (non-hydrogen) atoms. The average molecular weight is 402 g/mol. The molecule has 0 aromatic heterocycles. The molecule has 0 radical (unpaired) electrons. The largest absolute Gasteiger partial charge is 0.306 e. The van der Waals surface area contributed by atoms with Crippen LogP contribution in [-0.4, -0.2) is 17.9 Å². The molecule has 0 saturated carbocycles. The molecule has 0 amide bonds. The van der Waals surface area contributed by atoms with Gasteiger partial charge in [-0.2, -0.15) is 0 Å². The topological polar surface area (TPSA) is 29.1 Å². The van der Waals surface area contributed by atoms with E-state index in [2.05, 4.69) is 39.7 Å². The van der Waals surface area contributed by atoms with E-state index < -0.39 is 7.29 Å². The first-order chi connectivity index (χ1) is 12.9. The minimum atomic E-state index is -2.20. The van der Waals surface area contributed by atoms with Crippen molar-refractivity contribution >= 4 is 7.29 Å². The van der Waals surface area contributed by atoms with Gasteiger partial charge in [0.2, 0.25) is 0 Å². The Morgan fingerprint density at radius 1 is 0.556 bits per heavy atom. The Balaban J connectivity index is 3.31. The molecule has 0 atom stereocenters. The van der Waals surface area contributed by atoms with E-state index in [9.17, 15) is 4.57 Å². The molecule has 0 rings (SSSR count). The third-order valence-corrected chi connectivity index (χ3v) is 9.71. The Kier molecular flexibility index (Phi) is 18.4. The SMILES string of the molecule is CCCCCCCCCCCCCCCCCCNP(=O)(C(C)C)C(C)C. The van der Waals surface area contributed by atoms with Gasteiger partial charge in [0.15, 0.2) is 7.29 Å². The number of hydrogen-bond acceptors (Lipinski definition) is 1. The van der Waals surface area contributed by atoms with E-state index in [0.717, 1.165) is 6.54 Å². The van der Waals surface area contributed by atoms with Gasteiger partial charge >= 0.3 is 0 Å². The Labute approximate surface area is 172 Å². The fraction of sp³-hybridized carbons (Fsp3) is 1.00. The highest BCUT2D eigenvalue weighted by atomic mass is 31.2. The monoisotopic (exact) mass is 401 g/mol. The second kappa shape index (κ2) is 18.2. The zero-order chi connectivity index (χ0) is 20.4. The third kappa shape index (κ3) is 14.8. The standard InChI is InChI=1S/C24H52NOP/c1-6-7-8-9-10-11-12-13-14-15-16-17-18-19-20-21-22-25-27(26,23(2)3)24(4)5/h23-24H,6-22H2,1-5H3,(H,25,26). The molecule has 0 heterocycles. The van der Waals surface area contributed by atoms with Crippen LogP contribution in [0.1, 0.15) is 137 Å². The van der Waals surface area contributed by atoms with E-state index >= 15 is 0 Å². The van der Waals surface area contributed by atoms with Crippen molar-refractivity contribution in [3.63, 3.8) is 0 Å². The molecule has 0 aromatic rings. The molecule has 1 N–H and O–H groups in total. The van der Waals surface area contributed by atoms with Crippen molar-refractivity contribution in [2.45, 2.75) is 149 Å². The molecule has 0 aliphatic heterocycles. The quantitative estimate of drug-likeness (QED) is 0.163. The van der Waals surface area contributed by atoms with Gasteiger partial charge in [0, 0.05) is 17.9 Å². The molecule has 0 fully saturated rings. The van der Waals surface area contributed by atoms with Gasteiger partial charge in [0.05, 0.1) is 0 Å². The Bertz CT molecular complexity index is 342. The van der Waals surface area contributed by atoms with E-state index in [0.29, 0.717) is 0 Å². The van der Waals surface area contributed by atoms with E-state index in [1.807, 2.05) is 0 Å². The van der Waals surface area contributed by atoms with Crippen molar-refractivity contribution in [2.24, 2.45) is 0 Å². The lowest BCUT2D eigenvalue weighted by Crippen LogP contribution is -2.23. The minimum absolute atomic E-state index is 0.249. The van der Waals surface area contributed by atoms with Gasteiger partial charge in [0.25, 0.3) is 0 Å². The summed E-state index contributed by atoms with van der Waals surface area (Å²) in [6.45, 7) is 11.6. The average Bonchev–Trinajstić information content (AvgIpc) is 2.63. The van der Waals surface area contributed by atoms with E-state index in [1.54, 1.807) is 0 Å². The van der Waals surface area contributed by atoms with Crippen molar-refractivity contribution in [3.05, 3.63) is 0 Å². The van der Waals surface area contributed by atoms with Crippen LogP contribution in [0.2, 0.25) is 0 Å². The normalized spacial score (nSPS) is 12.4. The van der Waals surface area contributed by atoms with Crippen LogP contribution >= 0.6 is 7.29 Å². The fourth-order valence-electron chi connectivity index (χ4n) is 3.89. The van der Waals surface area contributed by atoms with Gasteiger partial charge in [0.1, 0.15) is 0 Å². The molecule has 0 spiro atoms. The summed E-state index contributed by atoms with van der Waals surface area (Å²) in [5.41, 5.74) is 0.497. The summed E-state index contributed by atoms with van der Waals surface area (Å²) in [7, 11) is -2.20. The predicted octanol–water partition coefficient (Wildman–Crippen LogP) is 8.93. The molecule has 0 unspecified atom stereocenters. The highest BCUT2D eigenvalue weighted by Crippen LogP contribution is 2.50. The molecule has 0 bridgehead atoms. The molecule has 164 valence electrons. The van der Waals surface area contributed by atoms with Gasteiger partial charge in [-0.3, -0.25) is 5.09 Å². The van der Waals surface area contributed by atoms with Crippen LogP contribution in [0.5, 0.6) is 0 Å². The summed E-state index contributed by atoms with van der Waals surface area (Å²) < 4.78 is 12.9. The first-order valence-corrected chi connectivity index (χ1v) is 14.1. The van der Waals surface area contributed by atoms with E-state index in [4.69, 9.17) is 0 Å². The molecule has 0 aliphatic rings. The van der Waals surface area contributed by atoms with Gasteiger partial charge in [-0.05, 0) is 6.42 Å². The van der Waals surface area contributed by atoms with Crippen LogP contribution in [0, 0.1) is 0 Å². The Hall–Kier alpha value is 0.190. The second-order valence-corrected chi connectivity index (χ2v) is 12.9. The van der Waals surface area contributed by atoms with Crippen molar-refractivity contribution < 1.29 is 4.57 Å². The van der Waals surface area contributed by atoms with Crippen LogP contribution < -0.4 is 5.09 Å². The number of hydrogen-bond donors (Lipinski definition) is 1. The Morgan fingerprint density at radius 2 is 0.852 bits per heavy atom. The van der Waals surface area contributed by atoms with Crippen molar-refractivity contribution in [2.75, 3.05) is 6.54 Å². The zero-order valence-corrected chi connectivity index (χ0v) is 20.4. The molecule has 0 aromatic carbocycles. The highest BCUT2D eigenvalue weighted by Gasteiger charge is 2.29. The van der Waals surface area contributed by atoms with E-state index in [1.165, 1.54) is 103 Å². The molecular weight excluding hydrogens is 349 g/mol. The zero-order valence-electron chi connectivity index (χ0n) is 19.5. The van der Waals surface area contributed by atoms with Gasteiger partial charge < -0.3 is 4.57 Å². The van der Waals surface area contributed by atoms with Crippen LogP contribution in [0.25, 0.3) is 0 Å². The molecule has 0 saturated heterocycles. The number of nitrogens with one attached hydrogen (secondary N) is 1. The maximum absolute atomic E-state index is 12.9. The summed E-state index contributed by atoms with van der Waals surface area (Å²) in [5, 5.41) is 3.40. The fourth-order valence-corrected chi connectivity index (χ4v) is 6.32. The molecule has 3 heteroatoms. The lowest BCUT2D eigenvalue weighted by Gasteiger charge is -2.27. The van der Waals surface area contributed by atoms with Gasteiger partial charge in [-0.25, -0.2) is 0 Å². The van der Waals surface area contributed by atoms with Crippen LogP contribution in [0.15, 0.2) is 0 Å². The molecule has 0 aliphatic carbocycles. The van der Waals surface area contributed by atoms with Crippen LogP contribution in [0.4, 0.5) is 0 Å².